The third-order valence-corrected chi connectivity index (χ3v) is 3.99. The van der Waals surface area contributed by atoms with Crippen molar-refractivity contribution in [2.75, 3.05) is 26.3 Å². The monoisotopic (exact) mass is 299 g/mol. The van der Waals surface area contributed by atoms with Gasteiger partial charge in [0.05, 0.1) is 0 Å². The van der Waals surface area contributed by atoms with E-state index in [2.05, 4.69) is 19.2 Å². The molecule has 2 nitrogen and oxygen atoms in total. The van der Waals surface area contributed by atoms with Gasteiger partial charge in [-0.05, 0) is 32.4 Å². The maximum Gasteiger partial charge on any atom is 0.0478 e. The Morgan fingerprint density at radius 3 is 1.62 bits per heavy atom. The molecule has 1 N–H and O–H groups in total. The van der Waals surface area contributed by atoms with Crippen molar-refractivity contribution in [2.45, 2.75) is 97.3 Å². The Hall–Kier alpha value is -0.0800. The molecular weight excluding hydrogens is 258 g/mol. The fraction of sp³-hybridized carbons (Fsp3) is 1.00. The van der Waals surface area contributed by atoms with E-state index in [4.69, 9.17) is 4.74 Å². The number of ether oxygens (including phenoxy) is 1. The second kappa shape index (κ2) is 19.9. The molecular formula is C19H41NO. The Labute approximate surface area is 134 Å². The average Bonchev–Trinajstić information content (AvgIpc) is 2.50. The van der Waals surface area contributed by atoms with Crippen LogP contribution in [-0.4, -0.2) is 26.3 Å². The summed E-state index contributed by atoms with van der Waals surface area (Å²) in [5.41, 5.74) is 0. The van der Waals surface area contributed by atoms with E-state index in [1.165, 1.54) is 83.6 Å². The van der Waals surface area contributed by atoms with Gasteiger partial charge in [-0.25, -0.2) is 0 Å². The second-order valence-corrected chi connectivity index (χ2v) is 6.25. The van der Waals surface area contributed by atoms with Gasteiger partial charge in [0.2, 0.25) is 0 Å². The highest BCUT2D eigenvalue weighted by atomic mass is 16.5. The van der Waals surface area contributed by atoms with Crippen LogP contribution in [0.15, 0.2) is 0 Å². The molecule has 0 bridgehead atoms. The molecule has 2 heteroatoms. The van der Waals surface area contributed by atoms with Crippen LogP contribution >= 0.6 is 0 Å². The molecule has 0 fully saturated rings. The van der Waals surface area contributed by atoms with E-state index in [-0.39, 0.29) is 0 Å². The molecule has 0 rings (SSSR count). The minimum absolute atomic E-state index is 0.922. The van der Waals surface area contributed by atoms with Crippen LogP contribution in [0.25, 0.3) is 0 Å². The Morgan fingerprint density at radius 1 is 0.524 bits per heavy atom. The van der Waals surface area contributed by atoms with Crippen molar-refractivity contribution in [1.82, 2.24) is 5.32 Å². The Morgan fingerprint density at radius 2 is 1.00 bits per heavy atom. The first-order chi connectivity index (χ1) is 10.4. The minimum Gasteiger partial charge on any atom is -0.381 e. The van der Waals surface area contributed by atoms with Crippen LogP contribution in [0.4, 0.5) is 0 Å². The Balaban J connectivity index is 2.90. The van der Waals surface area contributed by atoms with Crippen LogP contribution in [0.3, 0.4) is 0 Å². The maximum absolute atomic E-state index is 5.54. The quantitative estimate of drug-likeness (QED) is 0.328. The van der Waals surface area contributed by atoms with Crippen molar-refractivity contribution < 1.29 is 4.74 Å². The first-order valence-electron chi connectivity index (χ1n) is 9.70. The highest BCUT2D eigenvalue weighted by Gasteiger charge is 1.93. The van der Waals surface area contributed by atoms with E-state index < -0.39 is 0 Å². The van der Waals surface area contributed by atoms with Crippen LogP contribution in [-0.2, 0) is 4.74 Å². The van der Waals surface area contributed by atoms with Gasteiger partial charge in [0.15, 0.2) is 0 Å². The summed E-state index contributed by atoms with van der Waals surface area (Å²) in [6, 6.07) is 0. The third-order valence-electron chi connectivity index (χ3n) is 3.99. The zero-order chi connectivity index (χ0) is 15.4. The number of hydrogen-bond donors (Lipinski definition) is 1. The van der Waals surface area contributed by atoms with Gasteiger partial charge >= 0.3 is 0 Å². The molecule has 0 saturated heterocycles. The standard InChI is InChI=1S/C19H41NO/c1-3-5-7-8-9-10-11-12-13-14-16-20-17-15-19-21-18-6-4-2/h20H,3-19H2,1-2H3. The Bertz CT molecular complexity index is 155. The van der Waals surface area contributed by atoms with Gasteiger partial charge in [-0.1, -0.05) is 78.1 Å². The summed E-state index contributed by atoms with van der Waals surface area (Å²) in [5.74, 6) is 0. The molecule has 0 atom stereocenters. The average molecular weight is 300 g/mol. The lowest BCUT2D eigenvalue weighted by Crippen LogP contribution is -2.18. The summed E-state index contributed by atoms with van der Waals surface area (Å²) in [5, 5.41) is 3.52. The smallest absolute Gasteiger partial charge is 0.0478 e. The molecule has 0 radical (unpaired) electrons. The molecule has 21 heavy (non-hydrogen) atoms. The summed E-state index contributed by atoms with van der Waals surface area (Å²) >= 11 is 0. The number of hydrogen-bond acceptors (Lipinski definition) is 2. The first kappa shape index (κ1) is 20.9. The van der Waals surface area contributed by atoms with Gasteiger partial charge in [-0.3, -0.25) is 0 Å². The zero-order valence-electron chi connectivity index (χ0n) is 14.9. The lowest BCUT2D eigenvalue weighted by Gasteiger charge is -2.06. The van der Waals surface area contributed by atoms with Gasteiger partial charge in [0.1, 0.15) is 0 Å². The summed E-state index contributed by atoms with van der Waals surface area (Å²) < 4.78 is 5.54. The lowest BCUT2D eigenvalue weighted by atomic mass is 10.1. The Kier molecular flexibility index (Phi) is 19.8. The summed E-state index contributed by atoms with van der Waals surface area (Å²) in [6.45, 7) is 8.65. The topological polar surface area (TPSA) is 21.3 Å². The molecule has 0 heterocycles. The van der Waals surface area contributed by atoms with Crippen molar-refractivity contribution in [3.8, 4) is 0 Å². The molecule has 0 aliphatic rings. The van der Waals surface area contributed by atoms with Gasteiger partial charge in [0.25, 0.3) is 0 Å². The fourth-order valence-electron chi connectivity index (χ4n) is 2.51. The predicted molar refractivity (Wildman–Crippen MR) is 95.1 cm³/mol. The van der Waals surface area contributed by atoms with Gasteiger partial charge in [0, 0.05) is 13.2 Å². The second-order valence-electron chi connectivity index (χ2n) is 6.25. The largest absolute Gasteiger partial charge is 0.381 e. The van der Waals surface area contributed by atoms with Crippen molar-refractivity contribution in [3.63, 3.8) is 0 Å². The van der Waals surface area contributed by atoms with Crippen LogP contribution in [0.1, 0.15) is 97.3 Å². The zero-order valence-corrected chi connectivity index (χ0v) is 14.9. The number of rotatable bonds is 18. The predicted octanol–water partition coefficient (Wildman–Crippen LogP) is 5.70. The van der Waals surface area contributed by atoms with Crippen LogP contribution in [0, 0.1) is 0 Å². The van der Waals surface area contributed by atoms with Crippen molar-refractivity contribution in [1.29, 1.82) is 0 Å². The van der Waals surface area contributed by atoms with Crippen LogP contribution in [0.5, 0.6) is 0 Å². The van der Waals surface area contributed by atoms with Crippen molar-refractivity contribution in [3.05, 3.63) is 0 Å². The summed E-state index contributed by atoms with van der Waals surface area (Å²) in [6.07, 6.45) is 17.8. The molecule has 128 valence electrons. The molecule has 0 aliphatic heterocycles. The minimum atomic E-state index is 0.922. The molecule has 0 aromatic carbocycles. The van der Waals surface area contributed by atoms with Gasteiger partial charge in [-0.15, -0.1) is 0 Å². The van der Waals surface area contributed by atoms with Crippen LogP contribution < -0.4 is 5.32 Å². The first-order valence-corrected chi connectivity index (χ1v) is 9.70. The highest BCUT2D eigenvalue weighted by molar-refractivity contribution is 4.51. The number of unbranched alkanes of at least 4 members (excludes halogenated alkanes) is 10. The molecule has 0 aromatic rings. The molecule has 0 saturated carbocycles. The molecule has 0 unspecified atom stereocenters. The molecule has 0 aromatic heterocycles. The van der Waals surface area contributed by atoms with E-state index in [1.807, 2.05) is 0 Å². The fourth-order valence-corrected chi connectivity index (χ4v) is 2.51. The normalized spacial score (nSPS) is 11.1. The molecule has 0 spiro atoms. The van der Waals surface area contributed by atoms with Gasteiger partial charge < -0.3 is 10.1 Å². The van der Waals surface area contributed by atoms with Gasteiger partial charge in [-0.2, -0.15) is 0 Å². The van der Waals surface area contributed by atoms with E-state index >= 15 is 0 Å². The van der Waals surface area contributed by atoms with Crippen LogP contribution in [0.2, 0.25) is 0 Å². The highest BCUT2D eigenvalue weighted by Crippen LogP contribution is 2.10. The summed E-state index contributed by atoms with van der Waals surface area (Å²) in [4.78, 5) is 0. The van der Waals surface area contributed by atoms with E-state index in [0.717, 1.165) is 26.2 Å². The molecule has 0 aliphatic carbocycles. The van der Waals surface area contributed by atoms with Crippen molar-refractivity contribution in [2.24, 2.45) is 0 Å². The summed E-state index contributed by atoms with van der Waals surface area (Å²) in [7, 11) is 0. The number of nitrogens with one attached hydrogen (secondary N) is 1. The molecule has 0 amide bonds. The maximum atomic E-state index is 5.54. The van der Waals surface area contributed by atoms with Crippen molar-refractivity contribution >= 4 is 0 Å². The lowest BCUT2D eigenvalue weighted by molar-refractivity contribution is 0.129. The van der Waals surface area contributed by atoms with E-state index in [1.54, 1.807) is 0 Å². The van der Waals surface area contributed by atoms with E-state index in [0.29, 0.717) is 0 Å². The van der Waals surface area contributed by atoms with E-state index in [9.17, 15) is 0 Å². The SMILES string of the molecule is CCCCCCCCCCCCNCCCOCCCC. The third kappa shape index (κ3) is 19.9.